The Hall–Kier alpha value is -1.26. The molecular formula is C17H19Cl2NO3. The van der Waals surface area contributed by atoms with Gasteiger partial charge in [-0.3, -0.25) is 9.59 Å². The number of carboxylic acids is 1. The van der Waals surface area contributed by atoms with E-state index in [2.05, 4.69) is 5.32 Å². The third-order valence-corrected chi connectivity index (χ3v) is 5.76. The Balaban J connectivity index is 1.53. The number of carbonyl (C=O) groups excluding carboxylic acids is 1. The van der Waals surface area contributed by atoms with E-state index in [1.54, 1.807) is 6.07 Å². The Morgan fingerprint density at radius 2 is 1.83 bits per heavy atom. The van der Waals surface area contributed by atoms with Gasteiger partial charge < -0.3 is 10.4 Å². The van der Waals surface area contributed by atoms with Crippen LogP contribution in [0, 0.1) is 11.8 Å². The summed E-state index contributed by atoms with van der Waals surface area (Å²) < 4.78 is 0. The van der Waals surface area contributed by atoms with Crippen LogP contribution in [0.15, 0.2) is 18.2 Å². The van der Waals surface area contributed by atoms with E-state index in [0.29, 0.717) is 22.9 Å². The van der Waals surface area contributed by atoms with Gasteiger partial charge in [-0.2, -0.15) is 0 Å². The van der Waals surface area contributed by atoms with E-state index in [1.807, 2.05) is 12.1 Å². The monoisotopic (exact) mass is 355 g/mol. The Kier molecular flexibility index (Phi) is 4.83. The van der Waals surface area contributed by atoms with Crippen LogP contribution < -0.4 is 5.32 Å². The van der Waals surface area contributed by atoms with Crippen LogP contribution in [-0.2, 0) is 9.59 Å². The molecule has 2 aliphatic carbocycles. The van der Waals surface area contributed by atoms with Crippen molar-refractivity contribution in [2.24, 2.45) is 11.8 Å². The Bertz CT molecular complexity index is 626. The summed E-state index contributed by atoms with van der Waals surface area (Å²) >= 11 is 12.2. The molecule has 1 aromatic carbocycles. The Morgan fingerprint density at radius 3 is 2.48 bits per heavy atom. The average Bonchev–Trinajstić information content (AvgIpc) is 3.31. The van der Waals surface area contributed by atoms with Crippen LogP contribution in [0.3, 0.4) is 0 Å². The van der Waals surface area contributed by atoms with Crippen molar-refractivity contribution in [1.82, 2.24) is 5.32 Å². The molecule has 0 unspecified atom stereocenters. The van der Waals surface area contributed by atoms with Crippen molar-refractivity contribution in [3.05, 3.63) is 33.8 Å². The van der Waals surface area contributed by atoms with Crippen LogP contribution in [0.5, 0.6) is 0 Å². The highest BCUT2D eigenvalue weighted by atomic mass is 35.5. The number of aliphatic carboxylic acids is 1. The second kappa shape index (κ2) is 6.70. The lowest BCUT2D eigenvalue weighted by atomic mass is 9.86. The zero-order valence-corrected chi connectivity index (χ0v) is 14.1. The standard InChI is InChI=1S/C17H19Cl2NO3/c18-14-3-1-2-11(15(14)19)12-8-13(12)16(21)20-10-6-4-9(5-7-10)17(22)23/h1-3,9-10,12-13H,4-8H2,(H,20,21)(H,22,23)/t9?,10?,12-,13+/m1/s1. The maximum Gasteiger partial charge on any atom is 0.306 e. The van der Waals surface area contributed by atoms with Gasteiger partial charge in [-0.15, -0.1) is 0 Å². The van der Waals surface area contributed by atoms with Crippen LogP contribution in [0.2, 0.25) is 10.0 Å². The molecule has 0 bridgehead atoms. The molecule has 2 fully saturated rings. The van der Waals surface area contributed by atoms with Crippen molar-refractivity contribution < 1.29 is 14.7 Å². The molecule has 2 aliphatic rings. The summed E-state index contributed by atoms with van der Waals surface area (Å²) in [5, 5.41) is 13.1. The molecule has 4 nitrogen and oxygen atoms in total. The van der Waals surface area contributed by atoms with Gasteiger partial charge in [-0.1, -0.05) is 35.3 Å². The van der Waals surface area contributed by atoms with Crippen LogP contribution in [0.1, 0.15) is 43.6 Å². The highest BCUT2D eigenvalue weighted by molar-refractivity contribution is 6.42. The zero-order valence-electron chi connectivity index (χ0n) is 12.6. The number of amides is 1. The van der Waals surface area contributed by atoms with E-state index in [1.165, 1.54) is 0 Å². The van der Waals surface area contributed by atoms with E-state index in [-0.39, 0.29) is 29.7 Å². The summed E-state index contributed by atoms with van der Waals surface area (Å²) in [5.41, 5.74) is 0.939. The molecule has 0 radical (unpaired) electrons. The smallest absolute Gasteiger partial charge is 0.306 e. The van der Waals surface area contributed by atoms with Gasteiger partial charge >= 0.3 is 5.97 Å². The van der Waals surface area contributed by atoms with Crippen molar-refractivity contribution in [3.63, 3.8) is 0 Å². The maximum atomic E-state index is 12.4. The molecule has 2 saturated carbocycles. The third-order valence-electron chi connectivity index (χ3n) is 4.93. The predicted octanol–water partition coefficient (Wildman–Crippen LogP) is 3.86. The SMILES string of the molecule is O=C(O)C1CCC(NC(=O)[C@H]2C[C@@H]2c2cccc(Cl)c2Cl)CC1. The fourth-order valence-corrected chi connectivity index (χ4v) is 3.88. The quantitative estimate of drug-likeness (QED) is 0.861. The van der Waals surface area contributed by atoms with E-state index in [0.717, 1.165) is 24.8 Å². The number of benzene rings is 1. The van der Waals surface area contributed by atoms with Crippen LogP contribution in [-0.4, -0.2) is 23.0 Å². The minimum atomic E-state index is -0.729. The maximum absolute atomic E-state index is 12.4. The molecule has 6 heteroatoms. The lowest BCUT2D eigenvalue weighted by Crippen LogP contribution is -2.39. The van der Waals surface area contributed by atoms with Crippen LogP contribution >= 0.6 is 23.2 Å². The number of halogens is 2. The molecule has 2 atom stereocenters. The Morgan fingerprint density at radius 1 is 1.13 bits per heavy atom. The van der Waals surface area contributed by atoms with E-state index in [9.17, 15) is 9.59 Å². The summed E-state index contributed by atoms with van der Waals surface area (Å²) in [6.07, 6.45) is 3.52. The predicted molar refractivity (Wildman–Crippen MR) is 88.8 cm³/mol. The highest BCUT2D eigenvalue weighted by Gasteiger charge is 2.45. The molecule has 124 valence electrons. The second-order valence-electron chi connectivity index (χ2n) is 6.49. The van der Waals surface area contributed by atoms with Gasteiger partial charge in [0.15, 0.2) is 0 Å². The van der Waals surface area contributed by atoms with E-state index in [4.69, 9.17) is 28.3 Å². The first-order chi connectivity index (χ1) is 11.0. The number of carbonyl (C=O) groups is 2. The largest absolute Gasteiger partial charge is 0.481 e. The molecule has 0 spiro atoms. The Labute approximate surface area is 145 Å². The topological polar surface area (TPSA) is 66.4 Å². The molecule has 3 rings (SSSR count). The first-order valence-corrected chi connectivity index (χ1v) is 8.70. The zero-order chi connectivity index (χ0) is 16.6. The van der Waals surface area contributed by atoms with Gasteiger partial charge in [0.2, 0.25) is 5.91 Å². The summed E-state index contributed by atoms with van der Waals surface area (Å²) in [5.74, 6) is -0.862. The molecule has 1 amide bonds. The van der Waals surface area contributed by atoms with E-state index < -0.39 is 5.97 Å². The van der Waals surface area contributed by atoms with E-state index >= 15 is 0 Å². The van der Waals surface area contributed by atoms with Gasteiger partial charge in [0.05, 0.1) is 16.0 Å². The highest BCUT2D eigenvalue weighted by Crippen LogP contribution is 2.50. The van der Waals surface area contributed by atoms with Crippen molar-refractivity contribution in [2.45, 2.75) is 44.1 Å². The lowest BCUT2D eigenvalue weighted by Gasteiger charge is -2.26. The number of carboxylic acid groups (broad SMARTS) is 1. The summed E-state index contributed by atoms with van der Waals surface area (Å²) in [7, 11) is 0. The first kappa shape index (κ1) is 16.6. The third kappa shape index (κ3) is 3.64. The number of rotatable bonds is 4. The van der Waals surface area contributed by atoms with Crippen LogP contribution in [0.4, 0.5) is 0 Å². The molecular weight excluding hydrogens is 337 g/mol. The number of hydrogen-bond acceptors (Lipinski definition) is 2. The molecule has 0 aliphatic heterocycles. The normalized spacial score (nSPS) is 29.8. The minimum absolute atomic E-state index is 0.0461. The van der Waals surface area contributed by atoms with Crippen molar-refractivity contribution >= 4 is 35.1 Å². The summed E-state index contributed by atoms with van der Waals surface area (Å²) in [6.45, 7) is 0. The molecule has 23 heavy (non-hydrogen) atoms. The van der Waals surface area contributed by atoms with Gasteiger partial charge in [-0.25, -0.2) is 0 Å². The van der Waals surface area contributed by atoms with Gasteiger partial charge in [0.1, 0.15) is 0 Å². The summed E-state index contributed by atoms with van der Waals surface area (Å²) in [6, 6.07) is 5.61. The lowest BCUT2D eigenvalue weighted by molar-refractivity contribution is -0.142. The first-order valence-electron chi connectivity index (χ1n) is 7.94. The molecule has 0 saturated heterocycles. The number of nitrogens with one attached hydrogen (secondary N) is 1. The second-order valence-corrected chi connectivity index (χ2v) is 7.27. The molecule has 1 aromatic rings. The average molecular weight is 356 g/mol. The molecule has 2 N–H and O–H groups in total. The fourth-order valence-electron chi connectivity index (χ4n) is 3.43. The van der Waals surface area contributed by atoms with Gasteiger partial charge in [0, 0.05) is 12.0 Å². The van der Waals surface area contributed by atoms with Gasteiger partial charge in [0.25, 0.3) is 0 Å². The van der Waals surface area contributed by atoms with Crippen molar-refractivity contribution in [2.75, 3.05) is 0 Å². The number of hydrogen-bond donors (Lipinski definition) is 2. The summed E-state index contributed by atoms with van der Waals surface area (Å²) in [4.78, 5) is 23.3. The van der Waals surface area contributed by atoms with Crippen molar-refractivity contribution in [1.29, 1.82) is 0 Å². The fraction of sp³-hybridized carbons (Fsp3) is 0.529. The molecule has 0 aromatic heterocycles. The minimum Gasteiger partial charge on any atom is -0.481 e. The van der Waals surface area contributed by atoms with Crippen LogP contribution in [0.25, 0.3) is 0 Å². The molecule has 0 heterocycles. The van der Waals surface area contributed by atoms with Crippen molar-refractivity contribution in [3.8, 4) is 0 Å². The van der Waals surface area contributed by atoms with Gasteiger partial charge in [-0.05, 0) is 49.7 Å².